The summed E-state index contributed by atoms with van der Waals surface area (Å²) in [5, 5.41) is 12.5. The Kier molecular flexibility index (Phi) is 4.35. The first-order valence-electron chi connectivity index (χ1n) is 6.16. The summed E-state index contributed by atoms with van der Waals surface area (Å²) in [6, 6.07) is 5.63. The highest BCUT2D eigenvalue weighted by molar-refractivity contribution is 9.11. The van der Waals surface area contributed by atoms with Crippen molar-refractivity contribution in [2.24, 2.45) is 0 Å². The molecular formula is C14H12Br2O3S. The second-order valence-electron chi connectivity index (χ2n) is 4.46. The molecule has 0 bridgehead atoms. The SMILES string of the molecule is OC(c1csc(Br)c1)c1cc2c(cc1Br)OCCCO2. The Hall–Kier alpha value is -0.560. The number of hydrogen-bond donors (Lipinski definition) is 1. The van der Waals surface area contributed by atoms with Crippen LogP contribution < -0.4 is 9.47 Å². The molecule has 0 radical (unpaired) electrons. The van der Waals surface area contributed by atoms with Gasteiger partial charge in [0.05, 0.1) is 17.0 Å². The molecule has 1 atom stereocenters. The van der Waals surface area contributed by atoms with Crippen molar-refractivity contribution in [2.75, 3.05) is 13.2 Å². The second-order valence-corrected chi connectivity index (χ2v) is 7.60. The Balaban J connectivity index is 1.99. The van der Waals surface area contributed by atoms with E-state index >= 15 is 0 Å². The highest BCUT2D eigenvalue weighted by Gasteiger charge is 2.20. The predicted octanol–water partition coefficient (Wildman–Crippen LogP) is 4.52. The summed E-state index contributed by atoms with van der Waals surface area (Å²) in [7, 11) is 0. The lowest BCUT2D eigenvalue weighted by atomic mass is 10.0. The summed E-state index contributed by atoms with van der Waals surface area (Å²) in [5.41, 5.74) is 1.64. The molecule has 20 heavy (non-hydrogen) atoms. The van der Waals surface area contributed by atoms with Crippen LogP contribution in [0, 0.1) is 0 Å². The molecular weight excluding hydrogens is 408 g/mol. The van der Waals surface area contributed by atoms with Gasteiger partial charge in [-0.25, -0.2) is 0 Å². The normalized spacial score (nSPS) is 15.8. The van der Waals surface area contributed by atoms with E-state index in [0.717, 1.165) is 31.6 Å². The van der Waals surface area contributed by atoms with Crippen molar-refractivity contribution in [3.05, 3.63) is 43.0 Å². The van der Waals surface area contributed by atoms with Crippen molar-refractivity contribution in [1.82, 2.24) is 0 Å². The number of benzene rings is 1. The molecule has 106 valence electrons. The molecule has 0 spiro atoms. The summed E-state index contributed by atoms with van der Waals surface area (Å²) in [4.78, 5) is 0. The summed E-state index contributed by atoms with van der Waals surface area (Å²) in [5.74, 6) is 1.41. The molecule has 1 aromatic carbocycles. The van der Waals surface area contributed by atoms with E-state index in [0.29, 0.717) is 19.0 Å². The van der Waals surface area contributed by atoms with Crippen LogP contribution in [-0.4, -0.2) is 18.3 Å². The van der Waals surface area contributed by atoms with Crippen LogP contribution in [0.2, 0.25) is 0 Å². The molecule has 1 N–H and O–H groups in total. The average molecular weight is 420 g/mol. The molecule has 1 aliphatic heterocycles. The molecule has 0 aliphatic carbocycles. The molecule has 2 aromatic rings. The molecule has 0 fully saturated rings. The van der Waals surface area contributed by atoms with Gasteiger partial charge in [0.1, 0.15) is 6.10 Å². The standard InChI is InChI=1S/C14H12Br2O3S/c15-10-6-12-11(18-2-1-3-19-12)5-9(10)14(17)8-4-13(16)20-7-8/h4-7,14,17H,1-3H2. The fraction of sp³-hybridized carbons (Fsp3) is 0.286. The lowest BCUT2D eigenvalue weighted by Crippen LogP contribution is -2.01. The molecule has 0 amide bonds. The largest absolute Gasteiger partial charge is 0.490 e. The van der Waals surface area contributed by atoms with Crippen LogP contribution in [0.15, 0.2) is 31.8 Å². The molecule has 3 nitrogen and oxygen atoms in total. The number of thiophene rings is 1. The zero-order valence-electron chi connectivity index (χ0n) is 10.4. The molecule has 0 saturated carbocycles. The maximum atomic E-state index is 10.5. The van der Waals surface area contributed by atoms with E-state index in [1.165, 1.54) is 0 Å². The van der Waals surface area contributed by atoms with Crippen molar-refractivity contribution < 1.29 is 14.6 Å². The highest BCUT2D eigenvalue weighted by Crippen LogP contribution is 2.40. The minimum absolute atomic E-state index is 0.633. The number of ether oxygens (including phenoxy) is 2. The fourth-order valence-electron chi connectivity index (χ4n) is 2.06. The monoisotopic (exact) mass is 418 g/mol. The van der Waals surface area contributed by atoms with E-state index in [2.05, 4.69) is 31.9 Å². The maximum Gasteiger partial charge on any atom is 0.162 e. The zero-order chi connectivity index (χ0) is 14.1. The van der Waals surface area contributed by atoms with Crippen molar-refractivity contribution in [1.29, 1.82) is 0 Å². The molecule has 2 heterocycles. The molecule has 1 aliphatic rings. The quantitative estimate of drug-likeness (QED) is 0.777. The van der Waals surface area contributed by atoms with Crippen molar-refractivity contribution in [3.8, 4) is 11.5 Å². The van der Waals surface area contributed by atoms with Crippen molar-refractivity contribution in [3.63, 3.8) is 0 Å². The number of aliphatic hydroxyl groups excluding tert-OH is 1. The number of aliphatic hydroxyl groups is 1. The van der Waals surface area contributed by atoms with Gasteiger partial charge < -0.3 is 14.6 Å². The Morgan fingerprint density at radius 3 is 2.45 bits per heavy atom. The van der Waals surface area contributed by atoms with Crippen LogP contribution in [0.3, 0.4) is 0 Å². The van der Waals surface area contributed by atoms with Gasteiger partial charge >= 0.3 is 0 Å². The van der Waals surface area contributed by atoms with Gasteiger partial charge in [0.15, 0.2) is 11.5 Å². The van der Waals surface area contributed by atoms with Crippen LogP contribution in [0.1, 0.15) is 23.7 Å². The predicted molar refractivity (Wildman–Crippen MR) is 85.8 cm³/mol. The Labute approximate surface area is 137 Å². The van der Waals surface area contributed by atoms with Gasteiger partial charge in [0.25, 0.3) is 0 Å². The smallest absolute Gasteiger partial charge is 0.162 e. The lowest BCUT2D eigenvalue weighted by Gasteiger charge is -2.15. The fourth-order valence-corrected chi connectivity index (χ4v) is 3.79. The number of hydrogen-bond acceptors (Lipinski definition) is 4. The molecule has 1 aromatic heterocycles. The van der Waals surface area contributed by atoms with Gasteiger partial charge in [0.2, 0.25) is 0 Å². The van der Waals surface area contributed by atoms with E-state index in [9.17, 15) is 5.11 Å². The summed E-state index contributed by atoms with van der Waals surface area (Å²) in [6.07, 6.45) is 0.172. The van der Waals surface area contributed by atoms with Gasteiger partial charge in [0, 0.05) is 16.5 Å². The molecule has 6 heteroatoms. The van der Waals surface area contributed by atoms with Gasteiger partial charge in [-0.3, -0.25) is 0 Å². The second kappa shape index (κ2) is 6.05. The first kappa shape index (κ1) is 14.4. The maximum absolute atomic E-state index is 10.5. The zero-order valence-corrected chi connectivity index (χ0v) is 14.4. The van der Waals surface area contributed by atoms with Gasteiger partial charge in [-0.1, -0.05) is 15.9 Å². The lowest BCUT2D eigenvalue weighted by molar-refractivity contribution is 0.219. The Bertz CT molecular complexity index is 627. The molecule has 3 rings (SSSR count). The van der Waals surface area contributed by atoms with Crippen LogP contribution in [0.5, 0.6) is 11.5 Å². The number of rotatable bonds is 2. The third-order valence-electron chi connectivity index (χ3n) is 3.06. The summed E-state index contributed by atoms with van der Waals surface area (Å²) < 4.78 is 13.1. The van der Waals surface area contributed by atoms with Crippen molar-refractivity contribution in [2.45, 2.75) is 12.5 Å². The summed E-state index contributed by atoms with van der Waals surface area (Å²) >= 11 is 8.47. The number of halogens is 2. The minimum Gasteiger partial charge on any atom is -0.490 e. The third kappa shape index (κ3) is 2.88. The van der Waals surface area contributed by atoms with E-state index < -0.39 is 6.10 Å². The molecule has 1 unspecified atom stereocenters. The Morgan fingerprint density at radius 2 is 1.80 bits per heavy atom. The summed E-state index contributed by atoms with van der Waals surface area (Å²) in [6.45, 7) is 1.28. The van der Waals surface area contributed by atoms with Crippen LogP contribution >= 0.6 is 43.2 Å². The van der Waals surface area contributed by atoms with E-state index in [1.807, 2.05) is 23.6 Å². The third-order valence-corrected chi connectivity index (χ3v) is 5.27. The number of fused-ring (bicyclic) bond motifs is 1. The van der Waals surface area contributed by atoms with Gasteiger partial charge in [-0.2, -0.15) is 0 Å². The van der Waals surface area contributed by atoms with E-state index in [1.54, 1.807) is 11.3 Å². The topological polar surface area (TPSA) is 38.7 Å². The van der Waals surface area contributed by atoms with Crippen LogP contribution in [0.4, 0.5) is 0 Å². The van der Waals surface area contributed by atoms with Crippen LogP contribution in [0.25, 0.3) is 0 Å². The van der Waals surface area contributed by atoms with Crippen molar-refractivity contribution >= 4 is 43.2 Å². The van der Waals surface area contributed by atoms with E-state index in [4.69, 9.17) is 9.47 Å². The Morgan fingerprint density at radius 1 is 1.10 bits per heavy atom. The van der Waals surface area contributed by atoms with E-state index in [-0.39, 0.29) is 0 Å². The highest BCUT2D eigenvalue weighted by atomic mass is 79.9. The first-order chi connectivity index (χ1) is 9.65. The van der Waals surface area contributed by atoms with Crippen LogP contribution in [-0.2, 0) is 0 Å². The average Bonchev–Trinajstić information content (AvgIpc) is 2.73. The first-order valence-corrected chi connectivity index (χ1v) is 8.63. The van der Waals surface area contributed by atoms with Gasteiger partial charge in [-0.15, -0.1) is 11.3 Å². The van der Waals surface area contributed by atoms with Gasteiger partial charge in [-0.05, 0) is 45.1 Å². The minimum atomic E-state index is -0.691. The molecule has 0 saturated heterocycles.